The molecule has 0 saturated heterocycles. The number of aryl methyl sites for hydroxylation is 1. The third kappa shape index (κ3) is 3.04. The minimum Gasteiger partial charge on any atom is -0.358 e. The highest BCUT2D eigenvalue weighted by atomic mass is 79.9. The van der Waals surface area contributed by atoms with Crippen molar-refractivity contribution in [3.63, 3.8) is 0 Å². The molecule has 0 radical (unpaired) electrons. The maximum absolute atomic E-state index is 12.4. The first-order chi connectivity index (χ1) is 10.1. The van der Waals surface area contributed by atoms with Crippen molar-refractivity contribution in [2.24, 2.45) is 0 Å². The first-order valence-corrected chi connectivity index (χ1v) is 8.36. The van der Waals surface area contributed by atoms with E-state index >= 15 is 0 Å². The number of hydrogen-bond acceptors (Lipinski definition) is 2. The monoisotopic (exact) mass is 362 g/mol. The van der Waals surface area contributed by atoms with E-state index in [0.29, 0.717) is 6.54 Å². The Morgan fingerprint density at radius 1 is 1.29 bits per heavy atom. The molecule has 3 rings (SSSR count). The second kappa shape index (κ2) is 6.03. The second-order valence-corrected chi connectivity index (χ2v) is 7.43. The largest absolute Gasteiger partial charge is 0.358 e. The summed E-state index contributed by atoms with van der Waals surface area (Å²) >= 11 is 5.15. The molecule has 0 saturated carbocycles. The van der Waals surface area contributed by atoms with Gasteiger partial charge in [0, 0.05) is 28.0 Å². The molecule has 2 N–H and O–H groups in total. The van der Waals surface area contributed by atoms with Crippen LogP contribution in [0.4, 0.5) is 0 Å². The van der Waals surface area contributed by atoms with Crippen LogP contribution in [0.25, 0.3) is 10.9 Å². The molecule has 0 aliphatic carbocycles. The van der Waals surface area contributed by atoms with Gasteiger partial charge in [-0.3, -0.25) is 4.79 Å². The van der Waals surface area contributed by atoms with Crippen LogP contribution in [-0.4, -0.2) is 17.4 Å². The van der Waals surface area contributed by atoms with Gasteiger partial charge < -0.3 is 10.3 Å². The highest BCUT2D eigenvalue weighted by Crippen LogP contribution is 2.23. The van der Waals surface area contributed by atoms with Crippen molar-refractivity contribution in [2.75, 3.05) is 6.54 Å². The molecule has 3 nitrogen and oxygen atoms in total. The Hall–Kier alpha value is -1.59. The first-order valence-electron chi connectivity index (χ1n) is 6.75. The first kappa shape index (κ1) is 14.4. The van der Waals surface area contributed by atoms with Gasteiger partial charge in [-0.1, -0.05) is 18.2 Å². The van der Waals surface area contributed by atoms with Gasteiger partial charge in [-0.05, 0) is 47.5 Å². The number of aromatic nitrogens is 1. The average molecular weight is 363 g/mol. The van der Waals surface area contributed by atoms with Gasteiger partial charge in [-0.25, -0.2) is 0 Å². The molecule has 0 spiro atoms. The average Bonchev–Trinajstić information content (AvgIpc) is 3.01. The highest BCUT2D eigenvalue weighted by Gasteiger charge is 2.15. The minimum atomic E-state index is -0.0134. The molecular weight excluding hydrogens is 348 g/mol. The molecule has 0 aliphatic heterocycles. The van der Waals surface area contributed by atoms with Crippen LogP contribution in [0.1, 0.15) is 20.9 Å². The van der Waals surface area contributed by atoms with Crippen molar-refractivity contribution in [1.29, 1.82) is 0 Å². The number of benzene rings is 1. The maximum atomic E-state index is 12.4. The van der Waals surface area contributed by atoms with Gasteiger partial charge >= 0.3 is 0 Å². The summed E-state index contributed by atoms with van der Waals surface area (Å²) in [5.41, 5.74) is 2.66. The van der Waals surface area contributed by atoms with Crippen molar-refractivity contribution in [3.05, 3.63) is 56.3 Å². The lowest BCUT2D eigenvalue weighted by atomic mass is 10.1. The Kier molecular flexibility index (Phi) is 4.12. The summed E-state index contributed by atoms with van der Waals surface area (Å²) in [7, 11) is 0. The molecular formula is C16H15BrN2OS. The molecule has 0 bridgehead atoms. The van der Waals surface area contributed by atoms with Gasteiger partial charge in [-0.15, -0.1) is 11.3 Å². The predicted molar refractivity (Wildman–Crippen MR) is 91.1 cm³/mol. The molecule has 1 aromatic carbocycles. The summed E-state index contributed by atoms with van der Waals surface area (Å²) in [6, 6.07) is 12.0. The zero-order chi connectivity index (χ0) is 14.8. The van der Waals surface area contributed by atoms with E-state index in [0.717, 1.165) is 32.4 Å². The van der Waals surface area contributed by atoms with Crippen LogP contribution in [0.3, 0.4) is 0 Å². The normalized spacial score (nSPS) is 11.0. The quantitative estimate of drug-likeness (QED) is 0.714. The molecule has 21 heavy (non-hydrogen) atoms. The van der Waals surface area contributed by atoms with E-state index in [4.69, 9.17) is 0 Å². The number of fused-ring (bicyclic) bond motifs is 1. The topological polar surface area (TPSA) is 44.9 Å². The SMILES string of the molecule is Cc1[nH]c2ccccc2c1C(=O)NCCc1ccc(Br)s1. The Balaban J connectivity index is 1.71. The standard InChI is InChI=1S/C16H15BrN2OS/c1-10-15(12-4-2-3-5-13(12)19-10)16(20)18-9-8-11-6-7-14(17)21-11/h2-7,19H,8-9H2,1H3,(H,18,20). The van der Waals surface area contributed by atoms with E-state index in [2.05, 4.69) is 32.3 Å². The number of carbonyl (C=O) groups is 1. The number of para-hydroxylation sites is 1. The smallest absolute Gasteiger partial charge is 0.253 e. The lowest BCUT2D eigenvalue weighted by Gasteiger charge is -2.04. The Labute approximate surface area is 135 Å². The van der Waals surface area contributed by atoms with Crippen molar-refractivity contribution in [2.45, 2.75) is 13.3 Å². The van der Waals surface area contributed by atoms with Crippen LogP contribution in [0.5, 0.6) is 0 Å². The second-order valence-electron chi connectivity index (χ2n) is 4.88. The van der Waals surface area contributed by atoms with E-state index in [9.17, 15) is 4.79 Å². The van der Waals surface area contributed by atoms with Crippen molar-refractivity contribution in [1.82, 2.24) is 10.3 Å². The van der Waals surface area contributed by atoms with Crippen LogP contribution in [0.15, 0.2) is 40.2 Å². The van der Waals surface area contributed by atoms with Crippen molar-refractivity contribution < 1.29 is 4.79 Å². The molecule has 0 fully saturated rings. The van der Waals surface area contributed by atoms with Gasteiger partial charge in [0.25, 0.3) is 5.91 Å². The number of carbonyl (C=O) groups excluding carboxylic acids is 1. The number of H-pyrrole nitrogens is 1. The van der Waals surface area contributed by atoms with Crippen molar-refractivity contribution in [3.8, 4) is 0 Å². The summed E-state index contributed by atoms with van der Waals surface area (Å²) < 4.78 is 1.12. The number of nitrogens with one attached hydrogen (secondary N) is 2. The van der Waals surface area contributed by atoms with E-state index in [1.165, 1.54) is 4.88 Å². The Bertz CT molecular complexity index is 791. The number of rotatable bonds is 4. The van der Waals surface area contributed by atoms with Gasteiger partial charge in [0.2, 0.25) is 0 Å². The Morgan fingerprint density at radius 2 is 2.10 bits per heavy atom. The van der Waals surface area contributed by atoms with Crippen LogP contribution >= 0.6 is 27.3 Å². The number of amides is 1. The van der Waals surface area contributed by atoms with Crippen LogP contribution in [-0.2, 0) is 6.42 Å². The van der Waals surface area contributed by atoms with Gasteiger partial charge in [0.05, 0.1) is 9.35 Å². The van der Waals surface area contributed by atoms with Gasteiger partial charge in [0.1, 0.15) is 0 Å². The molecule has 0 atom stereocenters. The molecule has 0 unspecified atom stereocenters. The summed E-state index contributed by atoms with van der Waals surface area (Å²) in [6.45, 7) is 2.58. The molecule has 108 valence electrons. The van der Waals surface area contributed by atoms with E-state index in [1.54, 1.807) is 11.3 Å². The summed E-state index contributed by atoms with van der Waals surface area (Å²) in [5.74, 6) is -0.0134. The third-order valence-corrected chi connectivity index (χ3v) is 5.09. The third-order valence-electron chi connectivity index (χ3n) is 3.41. The summed E-state index contributed by atoms with van der Waals surface area (Å²) in [6.07, 6.45) is 0.851. The van der Waals surface area contributed by atoms with E-state index in [1.807, 2.05) is 37.3 Å². The predicted octanol–water partition coefficient (Wildman–Crippen LogP) is 4.27. The van der Waals surface area contributed by atoms with E-state index < -0.39 is 0 Å². The number of halogens is 1. The van der Waals surface area contributed by atoms with Crippen LogP contribution < -0.4 is 5.32 Å². The molecule has 3 aromatic rings. The number of thiophene rings is 1. The summed E-state index contributed by atoms with van der Waals surface area (Å²) in [4.78, 5) is 16.9. The molecule has 5 heteroatoms. The maximum Gasteiger partial charge on any atom is 0.253 e. The molecule has 1 amide bonds. The lowest BCUT2D eigenvalue weighted by Crippen LogP contribution is -2.25. The number of aromatic amines is 1. The van der Waals surface area contributed by atoms with Crippen LogP contribution in [0, 0.1) is 6.92 Å². The minimum absolute atomic E-state index is 0.0134. The Morgan fingerprint density at radius 3 is 2.86 bits per heavy atom. The molecule has 0 aliphatic rings. The van der Waals surface area contributed by atoms with Crippen molar-refractivity contribution >= 4 is 44.1 Å². The summed E-state index contributed by atoms with van der Waals surface area (Å²) in [5, 5.41) is 3.99. The lowest BCUT2D eigenvalue weighted by molar-refractivity contribution is 0.0955. The van der Waals surface area contributed by atoms with Gasteiger partial charge in [0.15, 0.2) is 0 Å². The van der Waals surface area contributed by atoms with Gasteiger partial charge in [-0.2, -0.15) is 0 Å². The highest BCUT2D eigenvalue weighted by molar-refractivity contribution is 9.11. The fraction of sp³-hybridized carbons (Fsp3) is 0.188. The zero-order valence-electron chi connectivity index (χ0n) is 11.6. The fourth-order valence-electron chi connectivity index (χ4n) is 2.44. The number of hydrogen-bond donors (Lipinski definition) is 2. The van der Waals surface area contributed by atoms with E-state index in [-0.39, 0.29) is 5.91 Å². The zero-order valence-corrected chi connectivity index (χ0v) is 14.0. The molecule has 2 aromatic heterocycles. The van der Waals surface area contributed by atoms with Crippen LogP contribution in [0.2, 0.25) is 0 Å². The molecule has 2 heterocycles. The fourth-order valence-corrected chi connectivity index (χ4v) is 3.93.